The van der Waals surface area contributed by atoms with Crippen LogP contribution in [0.3, 0.4) is 0 Å². The van der Waals surface area contributed by atoms with Gasteiger partial charge in [-0.3, -0.25) is 0 Å². The van der Waals surface area contributed by atoms with Gasteiger partial charge in [0.25, 0.3) is 0 Å². The average molecular weight is 462 g/mol. The third-order valence-electron chi connectivity index (χ3n) is 6.42. The number of benzene rings is 3. The second-order valence-electron chi connectivity index (χ2n) is 8.85. The Bertz CT molecular complexity index is 1030. The topological polar surface area (TPSA) is 21.7 Å². The summed E-state index contributed by atoms with van der Waals surface area (Å²) < 4.78 is 11.9. The number of rotatable bonds is 9. The third kappa shape index (κ3) is 6.09. The van der Waals surface area contributed by atoms with Crippen LogP contribution in [0.5, 0.6) is 11.5 Å². The van der Waals surface area contributed by atoms with E-state index in [4.69, 9.17) is 9.47 Å². The predicted molar refractivity (Wildman–Crippen MR) is 142 cm³/mol. The highest BCUT2D eigenvalue weighted by Gasteiger charge is 2.21. The van der Waals surface area contributed by atoms with Crippen molar-refractivity contribution in [1.82, 2.24) is 0 Å². The summed E-state index contributed by atoms with van der Waals surface area (Å²) in [6.07, 6.45) is 4.99. The Morgan fingerprint density at radius 3 is 2.45 bits per heavy atom. The van der Waals surface area contributed by atoms with Gasteiger partial charge in [-0.15, -0.1) is 0 Å². The molecule has 0 radical (unpaired) electrons. The van der Waals surface area contributed by atoms with E-state index in [9.17, 15) is 0 Å². The summed E-state index contributed by atoms with van der Waals surface area (Å²) in [4.78, 5) is 2.60. The molecule has 0 bridgehead atoms. The zero-order valence-electron chi connectivity index (χ0n) is 20.1. The lowest BCUT2D eigenvalue weighted by Crippen LogP contribution is -2.32. The quantitative estimate of drug-likeness (QED) is 0.319. The molecule has 3 aromatic rings. The minimum atomic E-state index is 0.386. The molecule has 1 aliphatic rings. The minimum Gasteiger partial charge on any atom is -0.497 e. The fourth-order valence-corrected chi connectivity index (χ4v) is 6.06. The number of methoxy groups -OCH3 is 1. The lowest BCUT2D eigenvalue weighted by molar-refractivity contribution is 0.301. The van der Waals surface area contributed by atoms with E-state index in [-0.39, 0.29) is 0 Å². The van der Waals surface area contributed by atoms with E-state index in [1.165, 1.54) is 60.0 Å². The Hall–Kier alpha value is -2.51. The van der Waals surface area contributed by atoms with Crippen LogP contribution in [0.1, 0.15) is 55.0 Å². The predicted octanol–water partition coefficient (Wildman–Crippen LogP) is 7.03. The standard InChI is InChI=1S/C29H36NO2P/c1-4-28(33-29-16-13-22(2)19-26(29)30-17-9-6-10-18-30)25-20-24(31-3)14-15-27(25)32-21-23-11-7-5-8-12-23/h5,7-8,11-16,19-20,28,33H,4,6,9-10,17-18,21H2,1-3H3. The van der Waals surface area contributed by atoms with Crippen molar-refractivity contribution in [1.29, 1.82) is 0 Å². The van der Waals surface area contributed by atoms with Gasteiger partial charge >= 0.3 is 0 Å². The summed E-state index contributed by atoms with van der Waals surface area (Å²) >= 11 is 0. The average Bonchev–Trinajstić information content (AvgIpc) is 2.88. The Morgan fingerprint density at radius 1 is 0.939 bits per heavy atom. The zero-order valence-corrected chi connectivity index (χ0v) is 21.1. The molecule has 0 N–H and O–H groups in total. The molecular formula is C29H36NO2P. The zero-order chi connectivity index (χ0) is 23.0. The molecule has 0 amide bonds. The van der Waals surface area contributed by atoms with Crippen LogP contribution in [-0.4, -0.2) is 20.2 Å². The fourth-order valence-electron chi connectivity index (χ4n) is 4.54. The molecule has 1 aliphatic heterocycles. The van der Waals surface area contributed by atoms with Crippen LogP contribution < -0.4 is 19.7 Å². The van der Waals surface area contributed by atoms with Crippen LogP contribution in [0.2, 0.25) is 0 Å². The Kier molecular flexibility index (Phi) is 8.29. The van der Waals surface area contributed by atoms with Gasteiger partial charge in [0.2, 0.25) is 0 Å². The molecule has 1 fully saturated rings. The summed E-state index contributed by atoms with van der Waals surface area (Å²) in [6, 6.07) is 23.6. The van der Waals surface area contributed by atoms with Gasteiger partial charge in [0.05, 0.1) is 7.11 Å². The molecular weight excluding hydrogens is 425 g/mol. The smallest absolute Gasteiger partial charge is 0.123 e. The van der Waals surface area contributed by atoms with E-state index in [1.54, 1.807) is 7.11 Å². The van der Waals surface area contributed by atoms with Crippen LogP contribution in [0.15, 0.2) is 66.7 Å². The maximum Gasteiger partial charge on any atom is 0.123 e. The fraction of sp³-hybridized carbons (Fsp3) is 0.379. The molecule has 2 atom stereocenters. The van der Waals surface area contributed by atoms with Crippen molar-refractivity contribution >= 4 is 19.6 Å². The molecule has 4 heteroatoms. The molecule has 33 heavy (non-hydrogen) atoms. The molecule has 3 nitrogen and oxygen atoms in total. The molecule has 2 unspecified atom stereocenters. The van der Waals surface area contributed by atoms with E-state index in [0.717, 1.165) is 17.9 Å². The summed E-state index contributed by atoms with van der Waals surface area (Å²) in [5, 5.41) is 1.46. The van der Waals surface area contributed by atoms with E-state index < -0.39 is 0 Å². The molecule has 3 aromatic carbocycles. The number of hydrogen-bond donors (Lipinski definition) is 0. The first-order chi connectivity index (χ1) is 16.2. The molecule has 0 saturated carbocycles. The van der Waals surface area contributed by atoms with E-state index >= 15 is 0 Å². The first kappa shape index (κ1) is 23.6. The number of piperidine rings is 1. The second kappa shape index (κ2) is 11.6. The summed E-state index contributed by atoms with van der Waals surface area (Å²) in [5.74, 6) is 1.85. The van der Waals surface area contributed by atoms with Gasteiger partial charge in [0, 0.05) is 30.0 Å². The lowest BCUT2D eigenvalue weighted by Gasteiger charge is -2.32. The van der Waals surface area contributed by atoms with E-state index in [2.05, 4.69) is 73.3 Å². The number of nitrogens with zero attached hydrogens (tertiary/aromatic N) is 1. The Balaban J connectivity index is 1.62. The van der Waals surface area contributed by atoms with Gasteiger partial charge in [0.15, 0.2) is 0 Å². The van der Waals surface area contributed by atoms with Gasteiger partial charge in [0.1, 0.15) is 18.1 Å². The maximum atomic E-state index is 6.35. The van der Waals surface area contributed by atoms with Crippen molar-refractivity contribution in [3.63, 3.8) is 0 Å². The van der Waals surface area contributed by atoms with Crippen LogP contribution in [0, 0.1) is 6.92 Å². The molecule has 1 saturated heterocycles. The maximum absolute atomic E-state index is 6.35. The summed E-state index contributed by atoms with van der Waals surface area (Å²) in [7, 11) is 2.42. The van der Waals surface area contributed by atoms with E-state index in [1.807, 2.05) is 12.1 Å². The van der Waals surface area contributed by atoms with Crippen molar-refractivity contribution < 1.29 is 9.47 Å². The number of hydrogen-bond acceptors (Lipinski definition) is 3. The number of anilines is 1. The van der Waals surface area contributed by atoms with Crippen molar-refractivity contribution in [3.05, 3.63) is 83.4 Å². The highest BCUT2D eigenvalue weighted by Crippen LogP contribution is 2.44. The SMILES string of the molecule is CCC(Pc1ccc(C)cc1N1CCCCC1)c1cc(OC)ccc1OCc1ccccc1. The molecule has 1 heterocycles. The van der Waals surface area contributed by atoms with Crippen LogP contribution >= 0.6 is 8.58 Å². The summed E-state index contributed by atoms with van der Waals surface area (Å²) in [6.45, 7) is 7.40. The highest BCUT2D eigenvalue weighted by atomic mass is 31.1. The normalized spacial score (nSPS) is 15.1. The summed E-state index contributed by atoms with van der Waals surface area (Å²) in [5.41, 5.74) is 5.58. The highest BCUT2D eigenvalue weighted by molar-refractivity contribution is 7.48. The van der Waals surface area contributed by atoms with Crippen LogP contribution in [-0.2, 0) is 6.61 Å². The van der Waals surface area contributed by atoms with Gasteiger partial charge in [-0.2, -0.15) is 0 Å². The van der Waals surface area contributed by atoms with Crippen LogP contribution in [0.4, 0.5) is 5.69 Å². The molecule has 0 aromatic heterocycles. The first-order valence-corrected chi connectivity index (χ1v) is 13.2. The molecule has 174 valence electrons. The van der Waals surface area contributed by atoms with Crippen molar-refractivity contribution in [2.75, 3.05) is 25.1 Å². The Labute approximate surface area is 200 Å². The van der Waals surface area contributed by atoms with Crippen LogP contribution in [0.25, 0.3) is 0 Å². The number of ether oxygens (including phenoxy) is 2. The molecule has 4 rings (SSSR count). The van der Waals surface area contributed by atoms with Gasteiger partial charge in [-0.25, -0.2) is 0 Å². The molecule has 0 aliphatic carbocycles. The minimum absolute atomic E-state index is 0.386. The van der Waals surface area contributed by atoms with Crippen molar-refractivity contribution in [2.24, 2.45) is 0 Å². The Morgan fingerprint density at radius 2 is 1.73 bits per heavy atom. The largest absolute Gasteiger partial charge is 0.497 e. The van der Waals surface area contributed by atoms with Gasteiger partial charge < -0.3 is 14.4 Å². The second-order valence-corrected chi connectivity index (χ2v) is 10.4. The molecule has 0 spiro atoms. The lowest BCUT2D eigenvalue weighted by atomic mass is 10.1. The van der Waals surface area contributed by atoms with Gasteiger partial charge in [-0.1, -0.05) is 58.0 Å². The van der Waals surface area contributed by atoms with Crippen molar-refractivity contribution in [2.45, 2.75) is 51.8 Å². The van der Waals surface area contributed by atoms with Crippen molar-refractivity contribution in [3.8, 4) is 11.5 Å². The van der Waals surface area contributed by atoms with E-state index in [0.29, 0.717) is 20.8 Å². The van der Waals surface area contributed by atoms with Gasteiger partial charge in [-0.05, 0) is 73.3 Å². The first-order valence-electron chi connectivity index (χ1n) is 12.1. The number of aryl methyl sites for hydroxylation is 1. The third-order valence-corrected chi connectivity index (χ3v) is 8.22. The monoisotopic (exact) mass is 461 g/mol.